The summed E-state index contributed by atoms with van der Waals surface area (Å²) in [5.74, 6) is -1.78. The molecule has 4 aromatic rings. The van der Waals surface area contributed by atoms with Gasteiger partial charge >= 0.3 is 23.0 Å². The monoisotopic (exact) mass is 391 g/mol. The van der Waals surface area contributed by atoms with Crippen LogP contribution in [0.2, 0.25) is 0 Å². The molecule has 4 rings (SSSR count). The lowest BCUT2D eigenvalue weighted by Gasteiger charge is -1.96. The first-order valence-electron chi connectivity index (χ1n) is 6.95. The molecule has 140 valence electrons. The van der Waals surface area contributed by atoms with Gasteiger partial charge in [0.05, 0.1) is 9.85 Å². The molecule has 0 fully saturated rings. The minimum absolute atomic E-state index is 0.305. The number of nitro groups is 4. The lowest BCUT2D eigenvalue weighted by atomic mass is 10.3. The Kier molecular flexibility index (Phi) is 3.13. The number of aromatic amines is 1. The first-order valence-corrected chi connectivity index (χ1v) is 6.95. The van der Waals surface area contributed by atoms with Crippen molar-refractivity contribution < 1.29 is 24.2 Å². The van der Waals surface area contributed by atoms with E-state index in [0.717, 1.165) is 9.26 Å². The Morgan fingerprint density at radius 1 is 0.821 bits per heavy atom. The van der Waals surface area contributed by atoms with Gasteiger partial charge in [-0.3, -0.25) is 20.2 Å². The third-order valence-corrected chi connectivity index (χ3v) is 3.67. The van der Waals surface area contributed by atoms with Crippen LogP contribution in [0.25, 0.3) is 22.3 Å². The Labute approximate surface area is 148 Å². The summed E-state index contributed by atoms with van der Waals surface area (Å²) < 4.78 is 1.58. The van der Waals surface area contributed by atoms with Crippen LogP contribution in [0.4, 0.5) is 23.0 Å². The van der Waals surface area contributed by atoms with Gasteiger partial charge < -0.3 is 20.2 Å². The molecule has 18 nitrogen and oxygen atoms in total. The first-order chi connectivity index (χ1) is 13.2. The molecule has 0 aliphatic rings. The number of H-pyrrole nitrogens is 1. The van der Waals surface area contributed by atoms with Gasteiger partial charge in [-0.1, -0.05) is 0 Å². The Morgan fingerprint density at radius 3 is 1.89 bits per heavy atom. The number of aromatic nitrogens is 6. The molecule has 0 saturated carbocycles. The number of nitrogens with zero attached hydrogens (tertiary/aromatic N) is 9. The topological polar surface area (TPSA) is 236 Å². The van der Waals surface area contributed by atoms with E-state index >= 15 is 0 Å². The average molecular weight is 391 g/mol. The number of nitrogens with one attached hydrogen (secondary N) is 1. The van der Waals surface area contributed by atoms with Crippen LogP contribution in [0, 0.1) is 40.5 Å². The molecule has 0 spiro atoms. The number of hydrogen-bond donors (Lipinski definition) is 1. The molecule has 18 heteroatoms. The zero-order valence-electron chi connectivity index (χ0n) is 12.9. The van der Waals surface area contributed by atoms with E-state index in [1.54, 1.807) is 0 Å². The maximum Gasteiger partial charge on any atom is 0.319 e. The van der Waals surface area contributed by atoms with Crippen LogP contribution in [-0.2, 0) is 0 Å². The van der Waals surface area contributed by atoms with Crippen LogP contribution in [0.5, 0.6) is 0 Å². The smallest absolute Gasteiger partial charge is 0.319 e. The second-order valence-electron chi connectivity index (χ2n) is 5.21. The van der Waals surface area contributed by atoms with Gasteiger partial charge in [-0.25, -0.2) is 0 Å². The van der Waals surface area contributed by atoms with Crippen molar-refractivity contribution in [3.8, 4) is 0 Å². The summed E-state index contributed by atoms with van der Waals surface area (Å²) in [5.41, 5.74) is -3.05. The van der Waals surface area contributed by atoms with Gasteiger partial charge in [0.15, 0.2) is 0 Å². The van der Waals surface area contributed by atoms with Crippen molar-refractivity contribution in [1.29, 1.82) is 0 Å². The van der Waals surface area contributed by atoms with Gasteiger partial charge in [0.2, 0.25) is 5.52 Å². The van der Waals surface area contributed by atoms with E-state index in [1.807, 2.05) is 0 Å². The summed E-state index contributed by atoms with van der Waals surface area (Å²) in [7, 11) is 0. The van der Waals surface area contributed by atoms with E-state index in [4.69, 9.17) is 0 Å². The Bertz CT molecular complexity index is 1280. The standard InChI is InChI=1S/C10H3N10O8/c21-16(22)3-1-5(18(25)26)11-9-7(3)13-20-14-8-4(17(23)24)2-6(19(27)28)12-10(8)15(9)20/h1-2H,(H,13,14)/q+1. The minimum Gasteiger partial charge on any atom is -0.359 e. The van der Waals surface area contributed by atoms with Crippen molar-refractivity contribution >= 4 is 45.3 Å². The van der Waals surface area contributed by atoms with Gasteiger partial charge in [-0.15, -0.1) is 14.5 Å². The van der Waals surface area contributed by atoms with Crippen LogP contribution < -0.4 is 4.52 Å². The second kappa shape index (κ2) is 5.30. The lowest BCUT2D eigenvalue weighted by molar-refractivity contribution is -0.577. The van der Waals surface area contributed by atoms with Crippen LogP contribution in [0.3, 0.4) is 0 Å². The predicted octanol–water partition coefficient (Wildman–Crippen LogP) is -0.0229. The number of fused-ring (bicyclic) bond motifs is 5. The van der Waals surface area contributed by atoms with Crippen LogP contribution in [0.1, 0.15) is 0 Å². The largest absolute Gasteiger partial charge is 0.359 e. The molecule has 0 aliphatic carbocycles. The highest BCUT2D eigenvalue weighted by atomic mass is 16.6. The Balaban J connectivity index is 2.24. The summed E-state index contributed by atoms with van der Waals surface area (Å²) in [6.07, 6.45) is 0. The predicted molar refractivity (Wildman–Crippen MR) is 82.4 cm³/mol. The van der Waals surface area contributed by atoms with Gasteiger partial charge in [0.1, 0.15) is 12.1 Å². The van der Waals surface area contributed by atoms with Crippen molar-refractivity contribution in [2.45, 2.75) is 0 Å². The Hall–Kier alpha value is -4.90. The van der Waals surface area contributed by atoms with Gasteiger partial charge in [0, 0.05) is 4.74 Å². The van der Waals surface area contributed by atoms with Crippen molar-refractivity contribution in [3.63, 3.8) is 0 Å². The quantitative estimate of drug-likeness (QED) is 0.275. The molecule has 0 aliphatic heterocycles. The van der Waals surface area contributed by atoms with Crippen molar-refractivity contribution in [1.82, 2.24) is 24.9 Å². The Morgan fingerprint density at radius 2 is 1.36 bits per heavy atom. The molecule has 0 atom stereocenters. The molecule has 1 N–H and O–H groups in total. The van der Waals surface area contributed by atoms with E-state index in [2.05, 4.69) is 20.2 Å². The molecular weight excluding hydrogens is 388 g/mol. The zero-order valence-corrected chi connectivity index (χ0v) is 12.9. The van der Waals surface area contributed by atoms with Crippen LogP contribution in [0.15, 0.2) is 12.1 Å². The molecule has 0 unspecified atom stereocenters. The van der Waals surface area contributed by atoms with E-state index in [-0.39, 0.29) is 5.52 Å². The summed E-state index contributed by atoms with van der Waals surface area (Å²) in [4.78, 5) is 48.1. The number of rotatable bonds is 4. The highest BCUT2D eigenvalue weighted by molar-refractivity contribution is 5.83. The minimum atomic E-state index is -0.982. The van der Waals surface area contributed by atoms with E-state index in [9.17, 15) is 40.5 Å². The highest BCUT2D eigenvalue weighted by Crippen LogP contribution is 2.28. The van der Waals surface area contributed by atoms with Crippen molar-refractivity contribution in [2.75, 3.05) is 0 Å². The average Bonchev–Trinajstić information content (AvgIpc) is 3.15. The molecule has 0 radical (unpaired) electrons. The van der Waals surface area contributed by atoms with E-state index in [0.29, 0.717) is 12.1 Å². The van der Waals surface area contributed by atoms with E-state index in [1.165, 1.54) is 0 Å². The van der Waals surface area contributed by atoms with Gasteiger partial charge in [0.25, 0.3) is 16.8 Å². The molecule has 0 amide bonds. The third kappa shape index (κ3) is 2.14. The molecule has 28 heavy (non-hydrogen) atoms. The van der Waals surface area contributed by atoms with Crippen molar-refractivity contribution in [2.24, 2.45) is 0 Å². The second-order valence-corrected chi connectivity index (χ2v) is 5.21. The maximum atomic E-state index is 11.2. The molecule has 0 saturated heterocycles. The summed E-state index contributed by atoms with van der Waals surface area (Å²) >= 11 is 0. The van der Waals surface area contributed by atoms with Gasteiger partial charge in [-0.2, -0.15) is 5.10 Å². The van der Waals surface area contributed by atoms with Crippen LogP contribution >= 0.6 is 0 Å². The summed E-state index contributed by atoms with van der Waals surface area (Å²) in [5, 5.41) is 50.8. The lowest BCUT2D eigenvalue weighted by Crippen LogP contribution is -2.28. The molecule has 4 aromatic heterocycles. The van der Waals surface area contributed by atoms with Crippen molar-refractivity contribution in [3.05, 3.63) is 52.6 Å². The maximum absolute atomic E-state index is 11.2. The molecule has 0 aromatic carbocycles. The number of pyridine rings is 2. The molecular formula is C10H3N10O8+. The first kappa shape index (κ1) is 16.6. The summed E-state index contributed by atoms with van der Waals surface area (Å²) in [6.45, 7) is 0. The molecule has 4 heterocycles. The van der Waals surface area contributed by atoms with Crippen LogP contribution in [-0.4, -0.2) is 44.6 Å². The normalized spacial score (nSPS) is 11.3. The zero-order chi connectivity index (χ0) is 20.3. The number of hydrogen-bond acceptors (Lipinski definition) is 11. The fraction of sp³-hybridized carbons (Fsp3) is 0. The third-order valence-electron chi connectivity index (χ3n) is 3.67. The SMILES string of the molecule is O=[N+]([O-])c1cc([N+](=O)[O-])c2nn3[nH]c4c([N+](=O)[O-])cc([N+](=O)[O-])nc4[n+]3c2n1. The highest BCUT2D eigenvalue weighted by Gasteiger charge is 2.33. The fourth-order valence-corrected chi connectivity index (χ4v) is 2.57. The molecule has 0 bridgehead atoms. The summed E-state index contributed by atoms with van der Waals surface area (Å²) in [6, 6.07) is 1.20. The fourth-order valence-electron chi connectivity index (χ4n) is 2.57. The van der Waals surface area contributed by atoms with Gasteiger partial charge in [-0.05, 0) is 14.9 Å². The van der Waals surface area contributed by atoms with E-state index < -0.39 is 59.5 Å².